The Balaban J connectivity index is 1.80. The van der Waals surface area contributed by atoms with E-state index in [9.17, 15) is 4.79 Å². The lowest BCUT2D eigenvalue weighted by Crippen LogP contribution is -2.19. The van der Waals surface area contributed by atoms with Gasteiger partial charge >= 0.3 is 5.97 Å². The average Bonchev–Trinajstić information content (AvgIpc) is 2.60. The Kier molecular flexibility index (Phi) is 6.64. The number of ether oxygens (including phenoxy) is 1. The van der Waals surface area contributed by atoms with Crippen molar-refractivity contribution in [2.75, 3.05) is 6.61 Å². The van der Waals surface area contributed by atoms with Crippen molar-refractivity contribution in [3.05, 3.63) is 64.7 Å². The molecule has 5 nitrogen and oxygen atoms in total. The molecule has 2 rings (SSSR count). The highest BCUT2D eigenvalue weighted by atomic mass is 35.5. The molecule has 0 aliphatic carbocycles. The van der Waals surface area contributed by atoms with Crippen molar-refractivity contribution >= 4 is 23.4 Å². The summed E-state index contributed by atoms with van der Waals surface area (Å²) in [6.07, 6.45) is 0.361. The van der Waals surface area contributed by atoms with Crippen LogP contribution in [0.15, 0.2) is 53.7 Å². The van der Waals surface area contributed by atoms with Gasteiger partial charge in [0.15, 0.2) is 6.61 Å². The smallest absolute Gasteiger partial charge is 0.372 e. The molecule has 138 valence electrons. The first-order valence-corrected chi connectivity index (χ1v) is 8.62. The molecule has 0 aliphatic heterocycles. The maximum atomic E-state index is 11.7. The van der Waals surface area contributed by atoms with E-state index < -0.39 is 5.97 Å². The van der Waals surface area contributed by atoms with Gasteiger partial charge in [0.25, 0.3) is 0 Å². The molecular formula is C20H23ClN2O3. The van der Waals surface area contributed by atoms with E-state index in [2.05, 4.69) is 25.9 Å². The lowest BCUT2D eigenvalue weighted by molar-refractivity contribution is -0.146. The first-order valence-electron chi connectivity index (χ1n) is 8.24. The largest absolute Gasteiger partial charge is 0.482 e. The van der Waals surface area contributed by atoms with Gasteiger partial charge in [0.1, 0.15) is 11.6 Å². The lowest BCUT2D eigenvalue weighted by atomic mass is 9.87. The molecule has 0 saturated carbocycles. The van der Waals surface area contributed by atoms with E-state index in [1.165, 1.54) is 5.56 Å². The van der Waals surface area contributed by atoms with Crippen molar-refractivity contribution < 1.29 is 14.4 Å². The molecule has 2 aromatic carbocycles. The van der Waals surface area contributed by atoms with Gasteiger partial charge in [-0.15, -0.1) is 0 Å². The van der Waals surface area contributed by atoms with E-state index in [0.717, 1.165) is 5.56 Å². The fraction of sp³-hybridized carbons (Fsp3) is 0.300. The molecule has 0 atom stereocenters. The number of carbonyl (C=O) groups excluding carboxylic acids is 1. The summed E-state index contributed by atoms with van der Waals surface area (Å²) in [5.74, 6) is 0.159. The Morgan fingerprint density at radius 3 is 2.27 bits per heavy atom. The summed E-state index contributed by atoms with van der Waals surface area (Å²) in [5.41, 5.74) is 7.92. The molecule has 0 amide bonds. The van der Waals surface area contributed by atoms with Crippen LogP contribution in [0.5, 0.6) is 5.75 Å². The SMILES string of the molecule is CC(C)(C)c1ccc(OCC(=O)ON=C(N)Cc2ccc(Cl)cc2)cc1. The molecule has 26 heavy (non-hydrogen) atoms. The molecule has 2 N–H and O–H groups in total. The standard InChI is InChI=1S/C20H23ClN2O3/c1-20(2,3)15-6-10-17(11-7-15)25-13-19(24)26-23-18(22)12-14-4-8-16(21)9-5-14/h4-11H,12-13H2,1-3H3,(H2,22,23). The molecule has 0 aromatic heterocycles. The number of carbonyl (C=O) groups is 1. The second-order valence-corrected chi connectivity index (χ2v) is 7.35. The number of benzene rings is 2. The molecule has 0 radical (unpaired) electrons. The lowest BCUT2D eigenvalue weighted by Gasteiger charge is -2.19. The second-order valence-electron chi connectivity index (χ2n) is 6.91. The molecule has 0 saturated heterocycles. The normalized spacial score (nSPS) is 11.9. The van der Waals surface area contributed by atoms with Crippen molar-refractivity contribution in [2.45, 2.75) is 32.6 Å². The molecular weight excluding hydrogens is 352 g/mol. The van der Waals surface area contributed by atoms with Crippen LogP contribution in [0.2, 0.25) is 5.02 Å². The number of amidine groups is 1. The maximum Gasteiger partial charge on any atom is 0.372 e. The number of hydrogen-bond donors (Lipinski definition) is 1. The van der Waals surface area contributed by atoms with Gasteiger partial charge in [-0.05, 0) is 40.8 Å². The number of nitrogens with two attached hydrogens (primary N) is 1. The number of hydrogen-bond acceptors (Lipinski definition) is 4. The quantitative estimate of drug-likeness (QED) is 0.358. The molecule has 6 heteroatoms. The maximum absolute atomic E-state index is 11.7. The highest BCUT2D eigenvalue weighted by Crippen LogP contribution is 2.24. The van der Waals surface area contributed by atoms with Crippen LogP contribution in [0, 0.1) is 0 Å². The summed E-state index contributed by atoms with van der Waals surface area (Å²) in [5, 5.41) is 4.27. The molecule has 2 aromatic rings. The zero-order valence-electron chi connectivity index (χ0n) is 15.2. The number of nitrogens with zero attached hydrogens (tertiary/aromatic N) is 1. The minimum Gasteiger partial charge on any atom is -0.482 e. The van der Waals surface area contributed by atoms with E-state index in [1.807, 2.05) is 36.4 Å². The van der Waals surface area contributed by atoms with Crippen molar-refractivity contribution in [3.63, 3.8) is 0 Å². The molecule has 0 heterocycles. The van der Waals surface area contributed by atoms with Crippen molar-refractivity contribution in [1.82, 2.24) is 0 Å². The van der Waals surface area contributed by atoms with E-state index in [1.54, 1.807) is 12.1 Å². The van der Waals surface area contributed by atoms with E-state index in [0.29, 0.717) is 17.2 Å². The number of oxime groups is 1. The summed E-state index contributed by atoms with van der Waals surface area (Å²) in [4.78, 5) is 16.5. The van der Waals surface area contributed by atoms with Gasteiger partial charge in [-0.25, -0.2) is 4.79 Å². The average molecular weight is 375 g/mol. The Morgan fingerprint density at radius 1 is 1.08 bits per heavy atom. The highest BCUT2D eigenvalue weighted by molar-refractivity contribution is 6.30. The topological polar surface area (TPSA) is 73.9 Å². The van der Waals surface area contributed by atoms with Gasteiger partial charge in [-0.3, -0.25) is 0 Å². The van der Waals surface area contributed by atoms with Gasteiger partial charge in [0.2, 0.25) is 0 Å². The van der Waals surface area contributed by atoms with Crippen molar-refractivity contribution in [3.8, 4) is 5.75 Å². The highest BCUT2D eigenvalue weighted by Gasteiger charge is 2.13. The third kappa shape index (κ3) is 6.41. The minimum atomic E-state index is -0.621. The zero-order valence-corrected chi connectivity index (χ0v) is 15.9. The van der Waals surface area contributed by atoms with Crippen molar-refractivity contribution in [1.29, 1.82) is 0 Å². The van der Waals surface area contributed by atoms with Crippen LogP contribution in [0.1, 0.15) is 31.9 Å². The fourth-order valence-corrected chi connectivity index (χ4v) is 2.30. The van der Waals surface area contributed by atoms with Gasteiger partial charge in [0, 0.05) is 11.4 Å². The first-order chi connectivity index (χ1) is 12.2. The third-order valence-electron chi connectivity index (χ3n) is 3.64. The van der Waals surface area contributed by atoms with Crippen LogP contribution in [-0.4, -0.2) is 18.4 Å². The molecule has 0 unspecified atom stereocenters. The Bertz CT molecular complexity index is 763. The van der Waals surface area contributed by atoms with Crippen LogP contribution in [0.3, 0.4) is 0 Å². The van der Waals surface area contributed by atoms with Crippen LogP contribution in [0.4, 0.5) is 0 Å². The fourth-order valence-electron chi connectivity index (χ4n) is 2.17. The predicted octanol–water partition coefficient (Wildman–Crippen LogP) is 4.07. The van der Waals surface area contributed by atoms with Gasteiger partial charge in [-0.1, -0.05) is 61.8 Å². The van der Waals surface area contributed by atoms with Gasteiger partial charge in [-0.2, -0.15) is 0 Å². The van der Waals surface area contributed by atoms with Crippen molar-refractivity contribution in [2.24, 2.45) is 10.9 Å². The second kappa shape index (κ2) is 8.72. The molecule has 0 aliphatic rings. The Labute approximate surface area is 158 Å². The number of rotatable bonds is 6. The summed E-state index contributed by atoms with van der Waals surface area (Å²) < 4.78 is 5.40. The summed E-state index contributed by atoms with van der Waals surface area (Å²) in [7, 11) is 0. The Hall–Kier alpha value is -2.53. The first kappa shape index (κ1) is 19.8. The van der Waals surface area contributed by atoms with Crippen LogP contribution in [-0.2, 0) is 21.5 Å². The van der Waals surface area contributed by atoms with E-state index in [4.69, 9.17) is 26.9 Å². The van der Waals surface area contributed by atoms with Crippen LogP contribution >= 0.6 is 11.6 Å². The molecule has 0 fully saturated rings. The van der Waals surface area contributed by atoms with E-state index in [-0.39, 0.29) is 17.9 Å². The summed E-state index contributed by atoms with van der Waals surface area (Å²) in [6, 6.07) is 14.8. The van der Waals surface area contributed by atoms with E-state index >= 15 is 0 Å². The predicted molar refractivity (Wildman–Crippen MR) is 104 cm³/mol. The summed E-state index contributed by atoms with van der Waals surface area (Å²) >= 11 is 5.82. The van der Waals surface area contributed by atoms with Gasteiger partial charge in [0.05, 0.1) is 0 Å². The minimum absolute atomic E-state index is 0.0633. The molecule has 0 bridgehead atoms. The Morgan fingerprint density at radius 2 is 1.69 bits per heavy atom. The molecule has 0 spiro atoms. The van der Waals surface area contributed by atoms with Gasteiger partial charge < -0.3 is 15.3 Å². The third-order valence-corrected chi connectivity index (χ3v) is 3.89. The van der Waals surface area contributed by atoms with Crippen LogP contribution < -0.4 is 10.5 Å². The monoisotopic (exact) mass is 374 g/mol. The zero-order chi connectivity index (χ0) is 19.2. The van der Waals surface area contributed by atoms with Crippen LogP contribution in [0.25, 0.3) is 0 Å². The number of halogens is 1. The summed E-state index contributed by atoms with van der Waals surface area (Å²) in [6.45, 7) is 6.15.